The predicted molar refractivity (Wildman–Crippen MR) is 69.4 cm³/mol. The van der Waals surface area contributed by atoms with Crippen LogP contribution in [0.5, 0.6) is 0 Å². The molecule has 0 spiro atoms. The van der Waals surface area contributed by atoms with Crippen molar-refractivity contribution >= 4 is 38.0 Å². The summed E-state index contributed by atoms with van der Waals surface area (Å²) in [6.45, 7) is 0. The van der Waals surface area contributed by atoms with Crippen molar-refractivity contribution in [3.8, 4) is 0 Å². The summed E-state index contributed by atoms with van der Waals surface area (Å²) in [7, 11) is 0. The minimum Gasteiger partial charge on any atom is -0.349 e. The van der Waals surface area contributed by atoms with Gasteiger partial charge in [-0.15, -0.1) is 22.7 Å². The molecule has 0 radical (unpaired) electrons. The van der Waals surface area contributed by atoms with Crippen molar-refractivity contribution in [3.05, 3.63) is 22.4 Å². The third kappa shape index (κ3) is 1.87. The topological polar surface area (TPSA) is 29.1 Å². The van der Waals surface area contributed by atoms with Gasteiger partial charge in [0.2, 0.25) is 0 Å². The first-order valence-electron chi connectivity index (χ1n) is 5.61. The van der Waals surface area contributed by atoms with E-state index in [1.54, 1.807) is 22.7 Å². The van der Waals surface area contributed by atoms with Gasteiger partial charge >= 0.3 is 0 Å². The van der Waals surface area contributed by atoms with Crippen molar-refractivity contribution in [3.63, 3.8) is 0 Å². The summed E-state index contributed by atoms with van der Waals surface area (Å²) < 4.78 is 2.45. The molecule has 0 aromatic carbocycles. The van der Waals surface area contributed by atoms with E-state index in [0.29, 0.717) is 6.04 Å². The van der Waals surface area contributed by atoms with Gasteiger partial charge in [-0.25, -0.2) is 0 Å². The van der Waals surface area contributed by atoms with E-state index in [1.165, 1.54) is 22.2 Å². The molecule has 84 valence electrons. The van der Waals surface area contributed by atoms with Crippen LogP contribution in [0, 0.1) is 0 Å². The van der Waals surface area contributed by atoms with Crippen LogP contribution >= 0.6 is 22.7 Å². The largest absolute Gasteiger partial charge is 0.349 e. The van der Waals surface area contributed by atoms with Crippen LogP contribution in [0.4, 0.5) is 0 Å². The molecule has 1 amide bonds. The Bertz CT molecular complexity index is 479. The summed E-state index contributed by atoms with van der Waals surface area (Å²) in [5.41, 5.74) is 0. The van der Waals surface area contributed by atoms with E-state index < -0.39 is 0 Å². The molecule has 1 saturated carbocycles. The highest BCUT2D eigenvalue weighted by Crippen LogP contribution is 2.30. The van der Waals surface area contributed by atoms with Crippen molar-refractivity contribution in [2.24, 2.45) is 0 Å². The Morgan fingerprint density at radius 3 is 2.88 bits per heavy atom. The Morgan fingerprint density at radius 1 is 1.31 bits per heavy atom. The second kappa shape index (κ2) is 4.18. The van der Waals surface area contributed by atoms with Gasteiger partial charge in [0, 0.05) is 15.4 Å². The lowest BCUT2D eigenvalue weighted by molar-refractivity contribution is 0.0942. The number of carbonyl (C=O) groups excluding carboxylic acids is 1. The highest BCUT2D eigenvalue weighted by Gasteiger charge is 2.19. The maximum absolute atomic E-state index is 12.0. The SMILES string of the molecule is O=C(NC1CCCC1)c1cc2sccc2s1. The first kappa shape index (κ1) is 10.3. The number of nitrogens with one attached hydrogen (secondary N) is 1. The highest BCUT2D eigenvalue weighted by molar-refractivity contribution is 7.27. The zero-order valence-corrected chi connectivity index (χ0v) is 10.5. The fourth-order valence-electron chi connectivity index (χ4n) is 2.20. The molecule has 4 heteroatoms. The van der Waals surface area contributed by atoms with E-state index in [-0.39, 0.29) is 5.91 Å². The van der Waals surface area contributed by atoms with Gasteiger partial charge in [-0.3, -0.25) is 4.79 Å². The van der Waals surface area contributed by atoms with Crippen LogP contribution in [0.25, 0.3) is 9.40 Å². The van der Waals surface area contributed by atoms with E-state index in [2.05, 4.69) is 16.8 Å². The standard InChI is InChI=1S/C12H13NOS2/c14-12(13-8-3-1-2-4-8)11-7-10-9(16-11)5-6-15-10/h5-8H,1-4H2,(H,13,14). The summed E-state index contributed by atoms with van der Waals surface area (Å²) in [5, 5.41) is 5.19. The summed E-state index contributed by atoms with van der Waals surface area (Å²) >= 11 is 3.29. The Hall–Kier alpha value is -0.870. The first-order chi connectivity index (χ1) is 7.83. The number of hydrogen-bond donors (Lipinski definition) is 1. The highest BCUT2D eigenvalue weighted by atomic mass is 32.1. The van der Waals surface area contributed by atoms with Crippen LogP contribution in [0.2, 0.25) is 0 Å². The average molecular weight is 251 g/mol. The number of rotatable bonds is 2. The molecule has 1 aliphatic rings. The molecule has 0 atom stereocenters. The van der Waals surface area contributed by atoms with Gasteiger partial charge in [0.1, 0.15) is 0 Å². The second-order valence-corrected chi connectivity index (χ2v) is 6.25. The Balaban J connectivity index is 1.76. The maximum atomic E-state index is 12.0. The van der Waals surface area contributed by atoms with Crippen LogP contribution in [-0.2, 0) is 0 Å². The van der Waals surface area contributed by atoms with Gasteiger partial charge in [0.15, 0.2) is 0 Å². The molecule has 2 heterocycles. The van der Waals surface area contributed by atoms with Gasteiger partial charge in [0.05, 0.1) is 4.88 Å². The fraction of sp³-hybridized carbons (Fsp3) is 0.417. The number of carbonyl (C=O) groups is 1. The molecule has 2 aromatic heterocycles. The fourth-order valence-corrected chi connectivity index (χ4v) is 4.22. The van der Waals surface area contributed by atoms with E-state index in [4.69, 9.17) is 0 Å². The van der Waals surface area contributed by atoms with Crippen LogP contribution in [0.15, 0.2) is 17.5 Å². The summed E-state index contributed by atoms with van der Waals surface area (Å²) in [5.74, 6) is 0.111. The molecule has 16 heavy (non-hydrogen) atoms. The molecule has 2 nitrogen and oxygen atoms in total. The van der Waals surface area contributed by atoms with Crippen LogP contribution in [0.3, 0.4) is 0 Å². The van der Waals surface area contributed by atoms with Crippen molar-refractivity contribution in [1.29, 1.82) is 0 Å². The number of hydrogen-bond acceptors (Lipinski definition) is 3. The minimum atomic E-state index is 0.111. The maximum Gasteiger partial charge on any atom is 0.261 e. The Labute approximate surface area is 102 Å². The monoisotopic (exact) mass is 251 g/mol. The van der Waals surface area contributed by atoms with Crippen LogP contribution in [0.1, 0.15) is 35.4 Å². The molecule has 1 fully saturated rings. The molecule has 0 aliphatic heterocycles. The lowest BCUT2D eigenvalue weighted by Crippen LogP contribution is -2.31. The van der Waals surface area contributed by atoms with Crippen molar-refractivity contribution in [1.82, 2.24) is 5.32 Å². The van der Waals surface area contributed by atoms with E-state index in [0.717, 1.165) is 17.7 Å². The van der Waals surface area contributed by atoms with E-state index in [1.807, 2.05) is 6.07 Å². The van der Waals surface area contributed by atoms with Crippen molar-refractivity contribution in [2.75, 3.05) is 0 Å². The zero-order valence-electron chi connectivity index (χ0n) is 8.86. The van der Waals surface area contributed by atoms with Crippen molar-refractivity contribution in [2.45, 2.75) is 31.7 Å². The van der Waals surface area contributed by atoms with Crippen LogP contribution < -0.4 is 5.32 Å². The summed E-state index contributed by atoms with van der Waals surface area (Å²) in [6.07, 6.45) is 4.80. The molecular weight excluding hydrogens is 238 g/mol. The number of amides is 1. The summed E-state index contributed by atoms with van der Waals surface area (Å²) in [4.78, 5) is 12.8. The quantitative estimate of drug-likeness (QED) is 0.867. The third-order valence-electron chi connectivity index (χ3n) is 3.05. The average Bonchev–Trinajstić information content (AvgIpc) is 2.91. The predicted octanol–water partition coefficient (Wildman–Crippen LogP) is 3.64. The van der Waals surface area contributed by atoms with Crippen molar-refractivity contribution < 1.29 is 4.79 Å². The number of thiophene rings is 2. The minimum absolute atomic E-state index is 0.111. The summed E-state index contributed by atoms with van der Waals surface area (Å²) in [6, 6.07) is 4.50. The molecule has 0 unspecified atom stereocenters. The Morgan fingerprint density at radius 2 is 2.12 bits per heavy atom. The third-order valence-corrected chi connectivity index (χ3v) is 5.15. The molecule has 0 saturated heterocycles. The molecule has 0 bridgehead atoms. The normalized spacial score (nSPS) is 17.0. The molecule has 3 rings (SSSR count). The zero-order chi connectivity index (χ0) is 11.0. The molecule has 2 aromatic rings. The number of fused-ring (bicyclic) bond motifs is 1. The molecule has 1 N–H and O–H groups in total. The van der Waals surface area contributed by atoms with Gasteiger partial charge in [-0.2, -0.15) is 0 Å². The second-order valence-electron chi connectivity index (χ2n) is 4.21. The van der Waals surface area contributed by atoms with E-state index in [9.17, 15) is 4.79 Å². The Kier molecular flexibility index (Phi) is 2.69. The first-order valence-corrected chi connectivity index (χ1v) is 7.30. The van der Waals surface area contributed by atoms with Gasteiger partial charge < -0.3 is 5.32 Å². The van der Waals surface area contributed by atoms with Gasteiger partial charge in [-0.1, -0.05) is 12.8 Å². The molecular formula is C12H13NOS2. The lowest BCUT2D eigenvalue weighted by Gasteiger charge is -2.10. The van der Waals surface area contributed by atoms with E-state index >= 15 is 0 Å². The smallest absolute Gasteiger partial charge is 0.261 e. The van der Waals surface area contributed by atoms with Crippen LogP contribution in [-0.4, -0.2) is 11.9 Å². The molecule has 1 aliphatic carbocycles. The van der Waals surface area contributed by atoms with Gasteiger partial charge in [-0.05, 0) is 30.4 Å². The lowest BCUT2D eigenvalue weighted by atomic mass is 10.2. The van der Waals surface area contributed by atoms with Gasteiger partial charge in [0.25, 0.3) is 5.91 Å².